The van der Waals surface area contributed by atoms with Gasteiger partial charge in [0.15, 0.2) is 5.13 Å². The van der Waals surface area contributed by atoms with E-state index in [-0.39, 0.29) is 5.41 Å². The molecule has 4 heteroatoms. The van der Waals surface area contributed by atoms with Crippen LogP contribution in [0.3, 0.4) is 0 Å². The summed E-state index contributed by atoms with van der Waals surface area (Å²) in [7, 11) is 0. The minimum Gasteiger partial charge on any atom is -0.375 e. The van der Waals surface area contributed by atoms with Crippen molar-refractivity contribution < 1.29 is 0 Å². The number of nitrogens with two attached hydrogens (primary N) is 1. The molecular formula is C15H19N3S. The first kappa shape index (κ1) is 12.6. The summed E-state index contributed by atoms with van der Waals surface area (Å²) < 4.78 is 0. The van der Waals surface area contributed by atoms with Crippen molar-refractivity contribution in [1.82, 2.24) is 9.88 Å². The fourth-order valence-electron chi connectivity index (χ4n) is 2.88. The summed E-state index contributed by atoms with van der Waals surface area (Å²) in [6.07, 6.45) is 3.11. The highest BCUT2D eigenvalue weighted by atomic mass is 32.1. The number of rotatable bonds is 3. The lowest BCUT2D eigenvalue weighted by atomic mass is 9.82. The number of likely N-dealkylation sites (tertiary alicyclic amines) is 1. The minimum atomic E-state index is 0.275. The quantitative estimate of drug-likeness (QED) is 0.935. The fourth-order valence-corrected chi connectivity index (χ4v) is 3.61. The average molecular weight is 273 g/mol. The Bertz CT molecular complexity index is 552. The maximum Gasteiger partial charge on any atom is 0.180 e. The van der Waals surface area contributed by atoms with Crippen LogP contribution in [-0.2, 0) is 12.0 Å². The van der Waals surface area contributed by atoms with Gasteiger partial charge in [-0.15, -0.1) is 11.3 Å². The molecular weight excluding hydrogens is 254 g/mol. The van der Waals surface area contributed by atoms with Crippen molar-refractivity contribution in [3.05, 3.63) is 47.0 Å². The summed E-state index contributed by atoms with van der Waals surface area (Å²) in [5.74, 6) is 0. The lowest BCUT2D eigenvalue weighted by Gasteiger charge is -2.25. The molecule has 1 atom stereocenters. The van der Waals surface area contributed by atoms with Crippen LogP contribution < -0.4 is 5.73 Å². The SMILES string of the molecule is CC1(c2ccccc2)CCN(Cc2cnc(N)s2)C1. The Labute approximate surface area is 118 Å². The smallest absolute Gasteiger partial charge is 0.180 e. The van der Waals surface area contributed by atoms with Gasteiger partial charge in [-0.05, 0) is 18.5 Å². The molecule has 1 aromatic carbocycles. The van der Waals surface area contributed by atoms with Crippen molar-refractivity contribution in [1.29, 1.82) is 0 Å². The monoisotopic (exact) mass is 273 g/mol. The number of anilines is 1. The van der Waals surface area contributed by atoms with Gasteiger partial charge >= 0.3 is 0 Å². The first-order valence-electron chi connectivity index (χ1n) is 6.64. The summed E-state index contributed by atoms with van der Waals surface area (Å²) in [6, 6.07) is 10.8. The Kier molecular flexibility index (Phi) is 3.29. The zero-order valence-corrected chi connectivity index (χ0v) is 12.0. The summed E-state index contributed by atoms with van der Waals surface area (Å²) in [5, 5.41) is 0.667. The number of aromatic nitrogens is 1. The van der Waals surface area contributed by atoms with Gasteiger partial charge in [0.25, 0.3) is 0 Å². The largest absolute Gasteiger partial charge is 0.375 e. The molecule has 1 aromatic heterocycles. The van der Waals surface area contributed by atoms with Crippen molar-refractivity contribution >= 4 is 16.5 Å². The number of benzene rings is 1. The van der Waals surface area contributed by atoms with Gasteiger partial charge in [-0.25, -0.2) is 4.98 Å². The lowest BCUT2D eigenvalue weighted by molar-refractivity contribution is 0.311. The molecule has 100 valence electrons. The van der Waals surface area contributed by atoms with E-state index in [0.29, 0.717) is 5.13 Å². The highest BCUT2D eigenvalue weighted by Crippen LogP contribution is 2.35. The molecule has 2 heterocycles. The third-order valence-electron chi connectivity index (χ3n) is 3.97. The van der Waals surface area contributed by atoms with Crippen LogP contribution in [0.2, 0.25) is 0 Å². The summed E-state index contributed by atoms with van der Waals surface area (Å²) in [5.41, 5.74) is 7.41. The van der Waals surface area contributed by atoms with Gasteiger partial charge in [0.2, 0.25) is 0 Å². The highest BCUT2D eigenvalue weighted by Gasteiger charge is 2.35. The predicted molar refractivity (Wildman–Crippen MR) is 80.2 cm³/mol. The second kappa shape index (κ2) is 4.94. The van der Waals surface area contributed by atoms with E-state index in [1.54, 1.807) is 11.3 Å². The molecule has 1 saturated heterocycles. The Morgan fingerprint density at radius 1 is 1.37 bits per heavy atom. The number of nitrogen functional groups attached to an aromatic ring is 1. The maximum absolute atomic E-state index is 5.69. The molecule has 0 spiro atoms. The van der Waals surface area contributed by atoms with Crippen molar-refractivity contribution in [3.8, 4) is 0 Å². The Balaban J connectivity index is 1.70. The van der Waals surface area contributed by atoms with E-state index in [2.05, 4.69) is 47.1 Å². The highest BCUT2D eigenvalue weighted by molar-refractivity contribution is 7.15. The first-order valence-corrected chi connectivity index (χ1v) is 7.45. The molecule has 19 heavy (non-hydrogen) atoms. The van der Waals surface area contributed by atoms with E-state index in [1.807, 2.05) is 6.20 Å². The van der Waals surface area contributed by atoms with Crippen LogP contribution in [0.25, 0.3) is 0 Å². The topological polar surface area (TPSA) is 42.2 Å². The standard InChI is InChI=1S/C15H19N3S/c1-15(12-5-3-2-4-6-12)7-8-18(11-15)10-13-9-17-14(16)19-13/h2-6,9H,7-8,10-11H2,1H3,(H2,16,17). The molecule has 3 rings (SSSR count). The van der Waals surface area contributed by atoms with Gasteiger partial charge in [0.1, 0.15) is 0 Å². The van der Waals surface area contributed by atoms with Crippen molar-refractivity contribution in [2.24, 2.45) is 0 Å². The summed E-state index contributed by atoms with van der Waals surface area (Å²) in [4.78, 5) is 7.88. The molecule has 0 saturated carbocycles. The van der Waals surface area contributed by atoms with Crippen LogP contribution in [0.15, 0.2) is 36.5 Å². The summed E-state index contributed by atoms with van der Waals surface area (Å²) >= 11 is 1.60. The molecule has 1 fully saturated rings. The van der Waals surface area contributed by atoms with Gasteiger partial charge in [0.05, 0.1) is 0 Å². The summed E-state index contributed by atoms with van der Waals surface area (Å²) in [6.45, 7) is 5.58. The zero-order valence-electron chi connectivity index (χ0n) is 11.2. The van der Waals surface area contributed by atoms with Gasteiger partial charge in [-0.2, -0.15) is 0 Å². The van der Waals surface area contributed by atoms with Gasteiger partial charge in [0, 0.05) is 29.6 Å². The minimum absolute atomic E-state index is 0.275. The number of hydrogen-bond acceptors (Lipinski definition) is 4. The molecule has 1 aliphatic heterocycles. The normalized spacial score (nSPS) is 23.8. The molecule has 0 aliphatic carbocycles. The van der Waals surface area contributed by atoms with Crippen molar-refractivity contribution in [2.45, 2.75) is 25.3 Å². The maximum atomic E-state index is 5.69. The Hall–Kier alpha value is -1.39. The number of thiazole rings is 1. The predicted octanol–water partition coefficient (Wildman–Crippen LogP) is 2.89. The van der Waals surface area contributed by atoms with Crippen molar-refractivity contribution in [3.63, 3.8) is 0 Å². The second-order valence-corrected chi connectivity index (χ2v) is 6.70. The van der Waals surface area contributed by atoms with Gasteiger partial charge in [-0.3, -0.25) is 4.90 Å². The lowest BCUT2D eigenvalue weighted by Crippen LogP contribution is -2.27. The molecule has 1 aliphatic rings. The third kappa shape index (κ3) is 2.65. The molecule has 2 N–H and O–H groups in total. The first-order chi connectivity index (χ1) is 9.16. The van der Waals surface area contributed by atoms with Crippen LogP contribution >= 0.6 is 11.3 Å². The fraction of sp³-hybridized carbons (Fsp3) is 0.400. The number of nitrogens with zero attached hydrogens (tertiary/aromatic N) is 2. The number of hydrogen-bond donors (Lipinski definition) is 1. The third-order valence-corrected chi connectivity index (χ3v) is 4.79. The van der Waals surface area contributed by atoms with E-state index in [4.69, 9.17) is 5.73 Å². The van der Waals surface area contributed by atoms with Crippen LogP contribution in [0.1, 0.15) is 23.8 Å². The molecule has 1 unspecified atom stereocenters. The van der Waals surface area contributed by atoms with Gasteiger partial charge in [-0.1, -0.05) is 37.3 Å². The molecule has 0 amide bonds. The van der Waals surface area contributed by atoms with Crippen LogP contribution in [0.5, 0.6) is 0 Å². The van der Waals surface area contributed by atoms with E-state index in [9.17, 15) is 0 Å². The molecule has 2 aromatic rings. The van der Waals surface area contributed by atoms with Gasteiger partial charge < -0.3 is 5.73 Å². The molecule has 3 nitrogen and oxygen atoms in total. The van der Waals surface area contributed by atoms with E-state index in [1.165, 1.54) is 16.9 Å². The average Bonchev–Trinajstić information content (AvgIpc) is 2.99. The van der Waals surface area contributed by atoms with Crippen LogP contribution in [0, 0.1) is 0 Å². The van der Waals surface area contributed by atoms with E-state index >= 15 is 0 Å². The molecule has 0 bridgehead atoms. The zero-order chi connectivity index (χ0) is 13.3. The Morgan fingerprint density at radius 2 is 2.16 bits per heavy atom. The van der Waals surface area contributed by atoms with Crippen LogP contribution in [0.4, 0.5) is 5.13 Å². The van der Waals surface area contributed by atoms with E-state index < -0.39 is 0 Å². The molecule has 0 radical (unpaired) electrons. The Morgan fingerprint density at radius 3 is 2.84 bits per heavy atom. The second-order valence-electron chi connectivity index (χ2n) is 5.55. The van der Waals surface area contributed by atoms with E-state index in [0.717, 1.165) is 19.6 Å². The van der Waals surface area contributed by atoms with Crippen molar-refractivity contribution in [2.75, 3.05) is 18.8 Å². The van der Waals surface area contributed by atoms with Crippen LogP contribution in [-0.4, -0.2) is 23.0 Å².